The minimum Gasteiger partial charge on any atom is -0.462 e. The predicted molar refractivity (Wildman–Crippen MR) is 95.3 cm³/mol. The van der Waals surface area contributed by atoms with Crippen LogP contribution in [0.3, 0.4) is 0 Å². The number of esters is 1. The van der Waals surface area contributed by atoms with Crippen LogP contribution in [0.15, 0.2) is 17.1 Å². The molecule has 0 aliphatic carbocycles. The summed E-state index contributed by atoms with van der Waals surface area (Å²) >= 11 is 0. The van der Waals surface area contributed by atoms with Crippen LogP contribution in [0.4, 0.5) is 5.82 Å². The first-order chi connectivity index (χ1) is 11.5. The van der Waals surface area contributed by atoms with Crippen molar-refractivity contribution >= 4 is 36.6 Å². The Morgan fingerprint density at radius 1 is 1.42 bits per heavy atom. The van der Waals surface area contributed by atoms with Crippen molar-refractivity contribution in [1.82, 2.24) is 14.9 Å². The standard InChI is InChI=1S/C14H20N4O6.2ClH/c15-9-3-5-18(14(22)17-9)12-11(20)10(19)8(24-12)6-23-13(21)7-2-1-4-16-7;;/h3,5,7-8,10-12,16,19-20H,1-2,4,6H2,(H2,15,17,22);2*1H/t7-,8+,10+,11-,12+;;/m0../s1. The monoisotopic (exact) mass is 412 g/mol. The molecular formula is C14H22Cl2N4O6. The van der Waals surface area contributed by atoms with Gasteiger partial charge in [-0.15, -0.1) is 24.8 Å². The normalized spacial score (nSPS) is 30.3. The fourth-order valence-corrected chi connectivity index (χ4v) is 2.87. The molecule has 5 N–H and O–H groups in total. The number of anilines is 1. The lowest BCUT2D eigenvalue weighted by Crippen LogP contribution is -2.38. The third-order valence-corrected chi connectivity index (χ3v) is 4.20. The summed E-state index contributed by atoms with van der Waals surface area (Å²) in [4.78, 5) is 27.2. The highest BCUT2D eigenvalue weighted by Gasteiger charge is 2.45. The molecule has 2 aliphatic rings. The van der Waals surface area contributed by atoms with E-state index in [9.17, 15) is 19.8 Å². The lowest BCUT2D eigenvalue weighted by Gasteiger charge is -2.17. The molecule has 2 fully saturated rings. The number of nitrogens with zero attached hydrogens (tertiary/aromatic N) is 2. The van der Waals surface area contributed by atoms with Crippen LogP contribution >= 0.6 is 24.8 Å². The molecule has 3 rings (SSSR count). The lowest BCUT2D eigenvalue weighted by atomic mass is 10.1. The van der Waals surface area contributed by atoms with E-state index < -0.39 is 36.2 Å². The van der Waals surface area contributed by atoms with E-state index in [0.29, 0.717) is 6.42 Å². The van der Waals surface area contributed by atoms with Crippen LogP contribution in [0, 0.1) is 0 Å². The number of aromatic nitrogens is 2. The SMILES string of the molecule is Cl.Cl.Nc1ccn([C@@H]2O[C@H](COC(=O)[C@@H]3CCCN3)[C@@H](O)[C@@H]2O)c(=O)n1. The summed E-state index contributed by atoms with van der Waals surface area (Å²) in [6.45, 7) is 0.541. The molecule has 0 aromatic carbocycles. The predicted octanol–water partition coefficient (Wildman–Crippen LogP) is -1.42. The van der Waals surface area contributed by atoms with Gasteiger partial charge in [-0.05, 0) is 25.5 Å². The number of hydrogen-bond donors (Lipinski definition) is 4. The van der Waals surface area contributed by atoms with Crippen LogP contribution < -0.4 is 16.7 Å². The first-order valence-corrected chi connectivity index (χ1v) is 7.73. The highest BCUT2D eigenvalue weighted by atomic mass is 35.5. The Morgan fingerprint density at radius 3 is 2.77 bits per heavy atom. The zero-order chi connectivity index (χ0) is 17.3. The van der Waals surface area contributed by atoms with Crippen molar-refractivity contribution in [1.29, 1.82) is 0 Å². The van der Waals surface area contributed by atoms with Crippen molar-refractivity contribution in [2.24, 2.45) is 0 Å². The number of aliphatic hydroxyl groups excluding tert-OH is 2. The topological polar surface area (TPSA) is 149 Å². The number of nitrogen functional groups attached to an aromatic ring is 1. The van der Waals surface area contributed by atoms with Gasteiger partial charge in [0.25, 0.3) is 0 Å². The minimum absolute atomic E-state index is 0. The maximum atomic E-state index is 11.9. The highest BCUT2D eigenvalue weighted by Crippen LogP contribution is 2.28. The first-order valence-electron chi connectivity index (χ1n) is 7.73. The van der Waals surface area contributed by atoms with E-state index in [1.54, 1.807) is 0 Å². The van der Waals surface area contributed by atoms with Gasteiger partial charge in [0, 0.05) is 6.20 Å². The average molecular weight is 413 g/mol. The van der Waals surface area contributed by atoms with Gasteiger partial charge in [-0.2, -0.15) is 4.98 Å². The van der Waals surface area contributed by atoms with Crippen molar-refractivity contribution in [3.8, 4) is 0 Å². The molecule has 1 aromatic rings. The Labute approximate surface area is 161 Å². The molecule has 0 bridgehead atoms. The fraction of sp³-hybridized carbons (Fsp3) is 0.643. The number of aliphatic hydroxyl groups is 2. The molecule has 10 nitrogen and oxygen atoms in total. The Bertz CT molecular complexity index is 669. The Kier molecular flexibility index (Phi) is 8.25. The Morgan fingerprint density at radius 2 is 2.15 bits per heavy atom. The summed E-state index contributed by atoms with van der Waals surface area (Å²) in [6.07, 6.45) is -1.82. The molecule has 1 aromatic heterocycles. The second kappa shape index (κ2) is 9.49. The van der Waals surface area contributed by atoms with Gasteiger partial charge in [-0.25, -0.2) is 4.79 Å². The Balaban J connectivity index is 0.00000169. The highest BCUT2D eigenvalue weighted by molar-refractivity contribution is 5.85. The molecule has 0 unspecified atom stereocenters. The van der Waals surface area contributed by atoms with Crippen molar-refractivity contribution in [3.05, 3.63) is 22.7 Å². The minimum atomic E-state index is -1.36. The zero-order valence-electron chi connectivity index (χ0n) is 13.7. The molecule has 148 valence electrons. The maximum Gasteiger partial charge on any atom is 0.351 e. The molecule has 2 saturated heterocycles. The third kappa shape index (κ3) is 4.64. The molecule has 0 spiro atoms. The first kappa shape index (κ1) is 22.6. The number of carbonyl (C=O) groups is 1. The van der Waals surface area contributed by atoms with E-state index >= 15 is 0 Å². The molecule has 3 heterocycles. The summed E-state index contributed by atoms with van der Waals surface area (Å²) in [5.41, 5.74) is 4.71. The van der Waals surface area contributed by atoms with Crippen molar-refractivity contribution in [3.63, 3.8) is 0 Å². The molecule has 0 saturated carbocycles. The number of rotatable bonds is 4. The van der Waals surface area contributed by atoms with Gasteiger partial charge in [-0.1, -0.05) is 0 Å². The van der Waals surface area contributed by atoms with Gasteiger partial charge in [-0.3, -0.25) is 9.36 Å². The summed E-state index contributed by atoms with van der Waals surface area (Å²) in [5.74, 6) is -0.383. The van der Waals surface area contributed by atoms with E-state index in [0.717, 1.165) is 17.5 Å². The molecule has 0 amide bonds. The fourth-order valence-electron chi connectivity index (χ4n) is 2.87. The van der Waals surface area contributed by atoms with Crippen molar-refractivity contribution in [2.75, 3.05) is 18.9 Å². The second-order valence-corrected chi connectivity index (χ2v) is 5.87. The zero-order valence-corrected chi connectivity index (χ0v) is 15.3. The third-order valence-electron chi connectivity index (χ3n) is 4.20. The molecule has 0 radical (unpaired) electrons. The maximum absolute atomic E-state index is 11.9. The van der Waals surface area contributed by atoms with Crippen molar-refractivity contribution in [2.45, 2.75) is 43.4 Å². The van der Waals surface area contributed by atoms with Crippen LogP contribution in [0.2, 0.25) is 0 Å². The summed E-state index contributed by atoms with van der Waals surface area (Å²) in [6, 6.07) is 1.02. The number of carbonyl (C=O) groups excluding carboxylic acids is 1. The van der Waals surface area contributed by atoms with Gasteiger partial charge in [0.15, 0.2) is 6.23 Å². The quantitative estimate of drug-likeness (QED) is 0.437. The van der Waals surface area contributed by atoms with Gasteiger partial charge >= 0.3 is 11.7 Å². The summed E-state index contributed by atoms with van der Waals surface area (Å²) in [5, 5.41) is 23.2. The van der Waals surface area contributed by atoms with Gasteiger partial charge in [0.2, 0.25) is 0 Å². The van der Waals surface area contributed by atoms with Crippen LogP contribution in [0.5, 0.6) is 0 Å². The van der Waals surface area contributed by atoms with E-state index in [1.807, 2.05) is 0 Å². The molecule has 26 heavy (non-hydrogen) atoms. The van der Waals surface area contributed by atoms with E-state index in [2.05, 4.69) is 10.3 Å². The number of hydrogen-bond acceptors (Lipinski definition) is 9. The average Bonchev–Trinajstić information content (AvgIpc) is 3.17. The van der Waals surface area contributed by atoms with Gasteiger partial charge in [0.05, 0.1) is 0 Å². The van der Waals surface area contributed by atoms with Crippen molar-refractivity contribution < 1.29 is 24.5 Å². The van der Waals surface area contributed by atoms with E-state index in [4.69, 9.17) is 15.2 Å². The second-order valence-electron chi connectivity index (χ2n) is 5.87. The Hall–Kier alpha value is -1.43. The lowest BCUT2D eigenvalue weighted by molar-refractivity contribution is -0.152. The molecule has 12 heteroatoms. The number of ether oxygens (including phenoxy) is 2. The van der Waals surface area contributed by atoms with Crippen LogP contribution in [0.25, 0.3) is 0 Å². The van der Waals surface area contributed by atoms with Crippen LogP contribution in [0.1, 0.15) is 19.1 Å². The smallest absolute Gasteiger partial charge is 0.351 e. The molecular weight excluding hydrogens is 391 g/mol. The number of halogens is 2. The van der Waals surface area contributed by atoms with E-state index in [1.165, 1.54) is 12.3 Å². The summed E-state index contributed by atoms with van der Waals surface area (Å²) in [7, 11) is 0. The molecule has 5 atom stereocenters. The van der Waals surface area contributed by atoms with Gasteiger partial charge < -0.3 is 30.7 Å². The number of nitrogens with two attached hydrogens (primary N) is 1. The van der Waals surface area contributed by atoms with Gasteiger partial charge in [0.1, 0.15) is 36.8 Å². The largest absolute Gasteiger partial charge is 0.462 e. The van der Waals surface area contributed by atoms with E-state index in [-0.39, 0.29) is 43.3 Å². The van der Waals surface area contributed by atoms with Crippen LogP contribution in [-0.4, -0.2) is 63.2 Å². The number of nitrogens with one attached hydrogen (secondary N) is 1. The summed E-state index contributed by atoms with van der Waals surface area (Å²) < 4.78 is 11.7. The molecule has 2 aliphatic heterocycles. The van der Waals surface area contributed by atoms with Crippen LogP contribution in [-0.2, 0) is 14.3 Å².